The van der Waals surface area contributed by atoms with Gasteiger partial charge in [-0.1, -0.05) is 9.39 Å². The third-order valence-electron chi connectivity index (χ3n) is 2.78. The van der Waals surface area contributed by atoms with Gasteiger partial charge in [-0.25, -0.2) is 10.3 Å². The van der Waals surface area contributed by atoms with Gasteiger partial charge < -0.3 is 4.90 Å². The number of piperidine rings is 1. The molecule has 10 heteroatoms. The normalized spacial score (nSPS) is 20.9. The summed E-state index contributed by atoms with van der Waals surface area (Å²) in [6, 6.07) is 0.302. The molecule has 2 heterocycles. The van der Waals surface area contributed by atoms with Gasteiger partial charge in [-0.2, -0.15) is 5.06 Å². The summed E-state index contributed by atoms with van der Waals surface area (Å²) in [5.74, 6) is 0. The Balaban J connectivity index is 0.000000203. The van der Waals surface area contributed by atoms with E-state index in [4.69, 9.17) is 4.62 Å². The van der Waals surface area contributed by atoms with Gasteiger partial charge >= 0.3 is 6.03 Å². The van der Waals surface area contributed by atoms with E-state index in [1.54, 1.807) is 0 Å². The van der Waals surface area contributed by atoms with E-state index in [0.29, 0.717) is 19.6 Å². The van der Waals surface area contributed by atoms with Gasteiger partial charge in [0.1, 0.15) is 0 Å². The first-order chi connectivity index (χ1) is 9.24. The number of hydrogen-bond acceptors (Lipinski definition) is 5. The number of nitrogens with one attached hydrogen (secondary N) is 2. The number of carbonyl (C=O) groups excluding carboxylic acids is 2. The van der Waals surface area contributed by atoms with Gasteiger partial charge in [-0.3, -0.25) is 19.3 Å². The molecule has 2 aliphatic rings. The molecule has 0 saturated carbocycles. The molecule has 19 heavy (non-hydrogen) atoms. The number of urea groups is 1. The molecule has 2 rings (SSSR count). The highest BCUT2D eigenvalue weighted by molar-refractivity contribution is 7.13. The molecule has 0 spiro atoms. The van der Waals surface area contributed by atoms with Crippen LogP contribution in [0.3, 0.4) is 0 Å². The zero-order chi connectivity index (χ0) is 14.1. The highest BCUT2D eigenvalue weighted by Crippen LogP contribution is 2.26. The SMILES string of the molecule is O=C1N2CCCC(C2)N1OP.O=CNOCCNP. The van der Waals surface area contributed by atoms with Crippen molar-refractivity contribution in [1.29, 1.82) is 0 Å². The molecule has 0 aromatic rings. The van der Waals surface area contributed by atoms with Crippen molar-refractivity contribution in [2.45, 2.75) is 18.9 Å². The predicted octanol–water partition coefficient (Wildman–Crippen LogP) is -0.348. The lowest BCUT2D eigenvalue weighted by molar-refractivity contribution is -0.120. The molecule has 0 radical (unpaired) electrons. The zero-order valence-corrected chi connectivity index (χ0v) is 12.9. The summed E-state index contributed by atoms with van der Waals surface area (Å²) in [4.78, 5) is 27.2. The number of fused-ring (bicyclic) bond motifs is 2. The van der Waals surface area contributed by atoms with E-state index < -0.39 is 0 Å². The number of nitrogens with zero attached hydrogens (tertiary/aromatic N) is 2. The molecule has 2 fully saturated rings. The zero-order valence-electron chi connectivity index (χ0n) is 10.6. The van der Waals surface area contributed by atoms with Gasteiger partial charge in [0, 0.05) is 29.1 Å². The van der Waals surface area contributed by atoms with E-state index >= 15 is 0 Å². The number of rotatable bonds is 6. The van der Waals surface area contributed by atoms with Crippen molar-refractivity contribution >= 4 is 31.3 Å². The molecular formula is C9H20N4O4P2. The van der Waals surface area contributed by atoms with Crippen LogP contribution in [-0.4, -0.2) is 54.7 Å². The second kappa shape index (κ2) is 9.39. The smallest absolute Gasteiger partial charge is 0.321 e. The summed E-state index contributed by atoms with van der Waals surface area (Å²) in [6.45, 7) is 2.90. The number of carbonyl (C=O) groups is 2. The lowest BCUT2D eigenvalue weighted by Crippen LogP contribution is -2.30. The van der Waals surface area contributed by atoms with Crippen molar-refractivity contribution in [3.05, 3.63) is 0 Å². The van der Waals surface area contributed by atoms with Crippen LogP contribution in [0.15, 0.2) is 0 Å². The maximum absolute atomic E-state index is 11.3. The quantitative estimate of drug-likeness (QED) is 0.303. The Bertz CT molecular complexity index is 297. The van der Waals surface area contributed by atoms with Crippen LogP contribution in [0.2, 0.25) is 0 Å². The molecule has 0 aromatic heterocycles. The van der Waals surface area contributed by atoms with Crippen LogP contribution in [0, 0.1) is 0 Å². The highest BCUT2D eigenvalue weighted by atomic mass is 31.0. The van der Waals surface area contributed by atoms with Crippen LogP contribution < -0.4 is 10.6 Å². The van der Waals surface area contributed by atoms with Gasteiger partial charge in [-0.15, -0.1) is 0 Å². The fraction of sp³-hybridized carbons (Fsp3) is 0.778. The van der Waals surface area contributed by atoms with E-state index in [1.165, 1.54) is 5.06 Å². The molecule has 2 N–H and O–H groups in total. The topological polar surface area (TPSA) is 83.1 Å². The molecule has 0 aliphatic carbocycles. The van der Waals surface area contributed by atoms with E-state index in [-0.39, 0.29) is 12.1 Å². The first-order valence-corrected chi connectivity index (χ1v) is 6.98. The van der Waals surface area contributed by atoms with Gasteiger partial charge in [0.25, 0.3) is 0 Å². The number of hydrogen-bond donors (Lipinski definition) is 2. The van der Waals surface area contributed by atoms with Gasteiger partial charge in [0.2, 0.25) is 6.41 Å². The Labute approximate surface area is 117 Å². The monoisotopic (exact) mass is 310 g/mol. The average molecular weight is 310 g/mol. The minimum atomic E-state index is 0.0162. The molecular weight excluding hydrogens is 290 g/mol. The average Bonchev–Trinajstić information content (AvgIpc) is 2.65. The predicted molar refractivity (Wildman–Crippen MR) is 75.5 cm³/mol. The van der Waals surface area contributed by atoms with E-state index in [9.17, 15) is 9.59 Å². The van der Waals surface area contributed by atoms with Gasteiger partial charge in [0.05, 0.1) is 12.6 Å². The van der Waals surface area contributed by atoms with Crippen LogP contribution in [0.25, 0.3) is 0 Å². The Morgan fingerprint density at radius 2 is 2.32 bits per heavy atom. The first-order valence-electron chi connectivity index (χ1n) is 5.94. The highest BCUT2D eigenvalue weighted by Gasteiger charge is 2.40. The lowest BCUT2D eigenvalue weighted by atomic mass is 10.1. The van der Waals surface area contributed by atoms with Crippen molar-refractivity contribution in [1.82, 2.24) is 20.5 Å². The summed E-state index contributed by atoms with van der Waals surface area (Å²) >= 11 is 0. The summed E-state index contributed by atoms with van der Waals surface area (Å²) in [7, 11) is 4.44. The fourth-order valence-corrected chi connectivity index (χ4v) is 2.33. The van der Waals surface area contributed by atoms with Crippen molar-refractivity contribution in [3.8, 4) is 0 Å². The van der Waals surface area contributed by atoms with E-state index in [0.717, 1.165) is 25.9 Å². The Hall–Kier alpha value is -0.520. The third kappa shape index (κ3) is 5.16. The van der Waals surface area contributed by atoms with Crippen molar-refractivity contribution in [2.75, 3.05) is 26.2 Å². The second-order valence-electron chi connectivity index (χ2n) is 3.99. The fourth-order valence-electron chi connectivity index (χ4n) is 1.95. The standard InChI is InChI=1S/C6H11N2O2P.C3H9N2O2P/c9-6-7-3-1-2-5(4-7)8(6)10-11;6-3-4-7-2-1-5-8/h5H,1-4,11H2;3,5H,1-2,8H2,(H,4,6). The van der Waals surface area contributed by atoms with Gasteiger partial charge in [0.15, 0.2) is 0 Å². The molecule has 110 valence electrons. The lowest BCUT2D eigenvalue weighted by Gasteiger charge is -2.20. The molecule has 3 amide bonds. The Morgan fingerprint density at radius 1 is 1.53 bits per heavy atom. The second-order valence-corrected chi connectivity index (χ2v) is 4.61. The summed E-state index contributed by atoms with van der Waals surface area (Å²) in [5.41, 5.74) is 2.05. The largest absolute Gasteiger partial charge is 0.344 e. The molecule has 2 bridgehead atoms. The molecule has 8 nitrogen and oxygen atoms in total. The third-order valence-corrected chi connectivity index (χ3v) is 3.30. The molecule has 2 aliphatic heterocycles. The van der Waals surface area contributed by atoms with Crippen LogP contribution in [-0.2, 0) is 14.3 Å². The molecule has 3 atom stereocenters. The number of amides is 3. The van der Waals surface area contributed by atoms with Crippen molar-refractivity contribution in [3.63, 3.8) is 0 Å². The number of hydroxylamine groups is 3. The van der Waals surface area contributed by atoms with Crippen molar-refractivity contribution < 1.29 is 19.1 Å². The van der Waals surface area contributed by atoms with Crippen LogP contribution in [0.4, 0.5) is 4.79 Å². The maximum Gasteiger partial charge on any atom is 0.344 e. The minimum Gasteiger partial charge on any atom is -0.321 e. The maximum atomic E-state index is 11.3. The van der Waals surface area contributed by atoms with Crippen molar-refractivity contribution in [2.24, 2.45) is 0 Å². The summed E-state index contributed by atoms with van der Waals surface area (Å²) in [6.07, 6.45) is 2.65. The van der Waals surface area contributed by atoms with E-state index in [2.05, 4.69) is 34.3 Å². The molecule has 0 aromatic carbocycles. The van der Waals surface area contributed by atoms with E-state index in [1.807, 2.05) is 4.90 Å². The minimum absolute atomic E-state index is 0.0162. The summed E-state index contributed by atoms with van der Waals surface area (Å²) in [5, 5.41) is 4.22. The Morgan fingerprint density at radius 3 is 2.89 bits per heavy atom. The summed E-state index contributed by atoms with van der Waals surface area (Å²) < 4.78 is 4.90. The van der Waals surface area contributed by atoms with Crippen LogP contribution in [0.5, 0.6) is 0 Å². The van der Waals surface area contributed by atoms with Gasteiger partial charge in [-0.05, 0) is 12.8 Å². The Kier molecular flexibility index (Phi) is 8.18. The first kappa shape index (κ1) is 16.5. The molecule has 3 unspecified atom stereocenters. The van der Waals surface area contributed by atoms with Crippen LogP contribution >= 0.6 is 18.9 Å². The molecule has 2 saturated heterocycles. The van der Waals surface area contributed by atoms with Crippen LogP contribution in [0.1, 0.15) is 12.8 Å².